The topological polar surface area (TPSA) is 78.3 Å². The van der Waals surface area contributed by atoms with Crippen LogP contribution in [0.25, 0.3) is 0 Å². The highest BCUT2D eigenvalue weighted by atomic mass is 35.5. The maximum Gasteiger partial charge on any atom is 0.223 e. The van der Waals surface area contributed by atoms with E-state index in [2.05, 4.69) is 0 Å². The molecule has 0 fully saturated rings. The van der Waals surface area contributed by atoms with Crippen molar-refractivity contribution in [1.82, 2.24) is 0 Å². The predicted molar refractivity (Wildman–Crippen MR) is 77.7 cm³/mol. The van der Waals surface area contributed by atoms with E-state index in [0.717, 1.165) is 5.56 Å². The average molecular weight is 305 g/mol. The molecule has 0 bridgehead atoms. The molecule has 0 aliphatic rings. The Morgan fingerprint density at radius 2 is 2.00 bits per heavy atom. The number of carbonyl (C=O) groups excluding carboxylic acids is 1. The van der Waals surface area contributed by atoms with Crippen LogP contribution >= 0.6 is 23.2 Å². The summed E-state index contributed by atoms with van der Waals surface area (Å²) in [6.45, 7) is 3.74. The van der Waals surface area contributed by atoms with E-state index in [1.54, 1.807) is 19.1 Å². The zero-order valence-electron chi connectivity index (χ0n) is 11.0. The zero-order valence-corrected chi connectivity index (χ0v) is 12.5. The van der Waals surface area contributed by atoms with Gasteiger partial charge in [-0.25, -0.2) is 0 Å². The van der Waals surface area contributed by atoms with Crippen LogP contribution < -0.4 is 16.2 Å². The van der Waals surface area contributed by atoms with Gasteiger partial charge in [0.1, 0.15) is 5.75 Å². The summed E-state index contributed by atoms with van der Waals surface area (Å²) in [4.78, 5) is 11.0. The van der Waals surface area contributed by atoms with E-state index in [-0.39, 0.29) is 12.6 Å². The molecule has 1 aromatic rings. The SMILES string of the molecule is CC(N)Cc1cc(Cl)cc(Cl)c1OCC(C)C(N)=O. The van der Waals surface area contributed by atoms with Gasteiger partial charge in [0.15, 0.2) is 0 Å². The standard InChI is InChI=1S/C13H18Cl2N2O2/c1-7(13(17)18)6-19-12-9(3-8(2)16)4-10(14)5-11(12)15/h4-5,7-8H,3,6,16H2,1-2H3,(H2,17,18). The van der Waals surface area contributed by atoms with Crippen LogP contribution in [0.1, 0.15) is 19.4 Å². The van der Waals surface area contributed by atoms with Gasteiger partial charge in [0, 0.05) is 11.1 Å². The van der Waals surface area contributed by atoms with Crippen molar-refractivity contribution < 1.29 is 9.53 Å². The second kappa shape index (κ2) is 6.98. The monoisotopic (exact) mass is 304 g/mol. The molecule has 0 saturated heterocycles. The molecule has 19 heavy (non-hydrogen) atoms. The summed E-state index contributed by atoms with van der Waals surface area (Å²) in [7, 11) is 0. The van der Waals surface area contributed by atoms with Crippen molar-refractivity contribution in [3.05, 3.63) is 27.7 Å². The number of primary amides is 1. The number of rotatable bonds is 6. The number of ether oxygens (including phenoxy) is 1. The van der Waals surface area contributed by atoms with Crippen LogP contribution in [0.2, 0.25) is 10.0 Å². The fourth-order valence-electron chi connectivity index (χ4n) is 1.56. The van der Waals surface area contributed by atoms with Gasteiger partial charge in [-0.05, 0) is 31.0 Å². The van der Waals surface area contributed by atoms with Gasteiger partial charge < -0.3 is 16.2 Å². The third-order valence-electron chi connectivity index (χ3n) is 2.59. The van der Waals surface area contributed by atoms with E-state index in [1.165, 1.54) is 0 Å². The summed E-state index contributed by atoms with van der Waals surface area (Å²) >= 11 is 12.1. The molecular formula is C13H18Cl2N2O2. The third kappa shape index (κ3) is 4.90. The molecular weight excluding hydrogens is 287 g/mol. The largest absolute Gasteiger partial charge is 0.491 e. The molecule has 0 saturated carbocycles. The molecule has 6 heteroatoms. The minimum atomic E-state index is -0.418. The Labute approximate surface area is 123 Å². The molecule has 106 valence electrons. The van der Waals surface area contributed by atoms with Crippen molar-refractivity contribution >= 4 is 29.1 Å². The van der Waals surface area contributed by atoms with Crippen LogP contribution in [-0.2, 0) is 11.2 Å². The molecule has 0 aliphatic carbocycles. The molecule has 4 nitrogen and oxygen atoms in total. The lowest BCUT2D eigenvalue weighted by atomic mass is 10.1. The minimum absolute atomic E-state index is 0.0505. The molecule has 1 amide bonds. The third-order valence-corrected chi connectivity index (χ3v) is 3.09. The quantitative estimate of drug-likeness (QED) is 0.847. The highest BCUT2D eigenvalue weighted by Crippen LogP contribution is 2.33. The molecule has 0 spiro atoms. The Morgan fingerprint density at radius 3 is 2.53 bits per heavy atom. The predicted octanol–water partition coefficient (Wildman–Crippen LogP) is 2.38. The number of hydrogen-bond donors (Lipinski definition) is 2. The fraction of sp³-hybridized carbons (Fsp3) is 0.462. The van der Waals surface area contributed by atoms with Crippen molar-refractivity contribution in [3.63, 3.8) is 0 Å². The van der Waals surface area contributed by atoms with Gasteiger partial charge in [0.05, 0.1) is 17.5 Å². The molecule has 0 heterocycles. The Balaban J connectivity index is 2.94. The fourth-order valence-corrected chi connectivity index (χ4v) is 2.15. The van der Waals surface area contributed by atoms with E-state index >= 15 is 0 Å². The van der Waals surface area contributed by atoms with Gasteiger partial charge in [0.25, 0.3) is 0 Å². The Kier molecular flexibility index (Phi) is 5.91. The van der Waals surface area contributed by atoms with Crippen LogP contribution in [-0.4, -0.2) is 18.6 Å². The Morgan fingerprint density at radius 1 is 1.37 bits per heavy atom. The zero-order chi connectivity index (χ0) is 14.6. The highest BCUT2D eigenvalue weighted by molar-refractivity contribution is 6.35. The van der Waals surface area contributed by atoms with E-state index in [4.69, 9.17) is 39.4 Å². The molecule has 0 aliphatic heterocycles. The first kappa shape index (κ1) is 16.1. The van der Waals surface area contributed by atoms with Crippen LogP contribution in [0.15, 0.2) is 12.1 Å². The normalized spacial score (nSPS) is 13.9. The first-order chi connectivity index (χ1) is 8.81. The maximum absolute atomic E-state index is 11.0. The first-order valence-electron chi connectivity index (χ1n) is 5.97. The van der Waals surface area contributed by atoms with Gasteiger partial charge in [-0.2, -0.15) is 0 Å². The lowest BCUT2D eigenvalue weighted by Gasteiger charge is -2.16. The number of carbonyl (C=O) groups is 1. The summed E-state index contributed by atoms with van der Waals surface area (Å²) < 4.78 is 5.60. The molecule has 0 radical (unpaired) electrons. The second-order valence-electron chi connectivity index (χ2n) is 4.67. The van der Waals surface area contributed by atoms with Crippen molar-refractivity contribution in [2.75, 3.05) is 6.61 Å². The molecule has 0 aromatic heterocycles. The first-order valence-corrected chi connectivity index (χ1v) is 6.72. The summed E-state index contributed by atoms with van der Waals surface area (Å²) in [5.74, 6) is -0.301. The van der Waals surface area contributed by atoms with E-state index in [1.807, 2.05) is 6.92 Å². The van der Waals surface area contributed by atoms with E-state index in [0.29, 0.717) is 22.2 Å². The molecule has 2 unspecified atom stereocenters. The summed E-state index contributed by atoms with van der Waals surface area (Å²) in [6, 6.07) is 3.31. The van der Waals surface area contributed by atoms with Gasteiger partial charge >= 0.3 is 0 Å². The van der Waals surface area contributed by atoms with Crippen LogP contribution in [0.5, 0.6) is 5.75 Å². The number of halogens is 2. The minimum Gasteiger partial charge on any atom is -0.491 e. The number of benzene rings is 1. The van der Waals surface area contributed by atoms with Gasteiger partial charge in [-0.3, -0.25) is 4.79 Å². The van der Waals surface area contributed by atoms with Crippen LogP contribution in [0.4, 0.5) is 0 Å². The van der Waals surface area contributed by atoms with Crippen molar-refractivity contribution in [2.45, 2.75) is 26.3 Å². The van der Waals surface area contributed by atoms with Crippen molar-refractivity contribution in [3.8, 4) is 5.75 Å². The Bertz CT molecular complexity index is 464. The summed E-state index contributed by atoms with van der Waals surface area (Å²) in [5, 5.41) is 0.927. The smallest absolute Gasteiger partial charge is 0.223 e. The summed E-state index contributed by atoms with van der Waals surface area (Å²) in [5.41, 5.74) is 11.8. The van der Waals surface area contributed by atoms with Crippen LogP contribution in [0, 0.1) is 5.92 Å². The molecule has 1 aromatic carbocycles. The van der Waals surface area contributed by atoms with Gasteiger partial charge in [0.2, 0.25) is 5.91 Å². The summed E-state index contributed by atoms with van der Waals surface area (Å²) in [6.07, 6.45) is 0.584. The second-order valence-corrected chi connectivity index (χ2v) is 5.52. The van der Waals surface area contributed by atoms with Gasteiger partial charge in [-0.1, -0.05) is 30.1 Å². The number of amides is 1. The number of nitrogens with two attached hydrogens (primary N) is 2. The lowest BCUT2D eigenvalue weighted by Crippen LogP contribution is -2.26. The van der Waals surface area contributed by atoms with E-state index in [9.17, 15) is 4.79 Å². The highest BCUT2D eigenvalue weighted by Gasteiger charge is 2.15. The van der Waals surface area contributed by atoms with E-state index < -0.39 is 11.8 Å². The molecule has 1 rings (SSSR count). The Hall–Kier alpha value is -0.970. The van der Waals surface area contributed by atoms with Crippen molar-refractivity contribution in [2.24, 2.45) is 17.4 Å². The average Bonchev–Trinajstić information content (AvgIpc) is 2.26. The lowest BCUT2D eigenvalue weighted by molar-refractivity contribution is -0.122. The van der Waals surface area contributed by atoms with Gasteiger partial charge in [-0.15, -0.1) is 0 Å². The van der Waals surface area contributed by atoms with Crippen molar-refractivity contribution in [1.29, 1.82) is 0 Å². The van der Waals surface area contributed by atoms with Crippen LogP contribution in [0.3, 0.4) is 0 Å². The maximum atomic E-state index is 11.0. The molecule has 4 N–H and O–H groups in total. The number of hydrogen-bond acceptors (Lipinski definition) is 3. The molecule has 2 atom stereocenters.